The molecule has 2 aromatic heterocycles. The van der Waals surface area contributed by atoms with E-state index >= 15 is 0 Å². The fraction of sp³-hybridized carbons (Fsp3) is 0.250. The maximum absolute atomic E-state index is 14.9. The van der Waals surface area contributed by atoms with Crippen LogP contribution >= 0.6 is 0 Å². The Kier molecular flexibility index (Phi) is 11.2. The van der Waals surface area contributed by atoms with Gasteiger partial charge in [0.15, 0.2) is 11.6 Å². The first-order valence-electron chi connectivity index (χ1n) is 14.4. The Bertz CT molecular complexity index is 1920. The summed E-state index contributed by atoms with van der Waals surface area (Å²) in [5, 5.41) is 14.8. The summed E-state index contributed by atoms with van der Waals surface area (Å²) in [5.41, 5.74) is -0.953. The van der Waals surface area contributed by atoms with Gasteiger partial charge in [0, 0.05) is 26.4 Å². The number of allylic oxidation sites excluding steroid dienone is 1. The van der Waals surface area contributed by atoms with E-state index in [4.69, 9.17) is 4.74 Å². The van der Waals surface area contributed by atoms with E-state index in [9.17, 15) is 37.9 Å². The summed E-state index contributed by atoms with van der Waals surface area (Å²) in [6, 6.07) is 10.8. The lowest BCUT2D eigenvalue weighted by Crippen LogP contribution is -2.44. The Hall–Kier alpha value is -6.06. The Labute approximate surface area is 272 Å². The predicted octanol–water partition coefficient (Wildman–Crippen LogP) is 3.72. The van der Waals surface area contributed by atoms with Crippen LogP contribution < -0.4 is 20.9 Å². The van der Waals surface area contributed by atoms with Crippen LogP contribution in [-0.2, 0) is 27.5 Å². The number of amides is 3. The van der Waals surface area contributed by atoms with Crippen LogP contribution in [0.3, 0.4) is 0 Å². The third-order valence-electron chi connectivity index (χ3n) is 6.99. The molecule has 0 saturated heterocycles. The fourth-order valence-electron chi connectivity index (χ4n) is 4.55. The van der Waals surface area contributed by atoms with Crippen molar-refractivity contribution in [3.63, 3.8) is 0 Å². The molecule has 0 bridgehead atoms. The molecule has 2 heterocycles. The van der Waals surface area contributed by atoms with Gasteiger partial charge >= 0.3 is 12.2 Å². The van der Waals surface area contributed by atoms with E-state index in [2.05, 4.69) is 20.4 Å². The molecule has 3 N–H and O–H groups in total. The van der Waals surface area contributed by atoms with Crippen molar-refractivity contribution in [1.82, 2.24) is 24.3 Å². The van der Waals surface area contributed by atoms with Crippen LogP contribution in [0, 0.1) is 11.6 Å². The quantitative estimate of drug-likeness (QED) is 0.191. The van der Waals surface area contributed by atoms with Gasteiger partial charge in [0.2, 0.25) is 17.6 Å². The van der Waals surface area contributed by atoms with Gasteiger partial charge in [0.1, 0.15) is 29.7 Å². The summed E-state index contributed by atoms with van der Waals surface area (Å²) >= 11 is 0. The number of methoxy groups -OCH3 is 1. The summed E-state index contributed by atoms with van der Waals surface area (Å²) in [6.07, 6.45) is 1.92. The third-order valence-corrected chi connectivity index (χ3v) is 6.99. The molecule has 1 atom stereocenters. The number of hydrogen-bond acceptors (Lipinski definition) is 8. The zero-order valence-electron chi connectivity index (χ0n) is 26.1. The van der Waals surface area contributed by atoms with Crippen LogP contribution in [-0.4, -0.2) is 75.4 Å². The molecule has 252 valence electrons. The van der Waals surface area contributed by atoms with Gasteiger partial charge in [-0.1, -0.05) is 36.4 Å². The molecule has 0 unspecified atom stereocenters. The number of pyridine rings is 1. The molecule has 4 aromatic rings. The van der Waals surface area contributed by atoms with Gasteiger partial charge in [-0.2, -0.15) is 4.39 Å². The number of ether oxygens (including phenoxy) is 2. The number of likely N-dealkylation sites (N-methyl/N-ethyl adjacent to an activating group) is 1. The Morgan fingerprint density at radius 3 is 2.50 bits per heavy atom. The average Bonchev–Trinajstić information content (AvgIpc) is 3.41. The van der Waals surface area contributed by atoms with Crippen LogP contribution in [0.5, 0.6) is 5.75 Å². The molecular weight excluding hydrogens is 634 g/mol. The van der Waals surface area contributed by atoms with E-state index in [1.54, 1.807) is 44.4 Å². The van der Waals surface area contributed by atoms with E-state index in [1.807, 2.05) is 0 Å². The zero-order valence-corrected chi connectivity index (χ0v) is 26.1. The van der Waals surface area contributed by atoms with Gasteiger partial charge in [-0.15, -0.1) is 0 Å². The van der Waals surface area contributed by atoms with E-state index in [-0.39, 0.29) is 47.9 Å². The molecule has 0 saturated carbocycles. The van der Waals surface area contributed by atoms with Gasteiger partial charge in [0.05, 0.1) is 19.2 Å². The Morgan fingerprint density at radius 2 is 1.83 bits per heavy atom. The van der Waals surface area contributed by atoms with Crippen molar-refractivity contribution in [2.45, 2.75) is 32.0 Å². The number of nitrogens with one attached hydrogen (secondary N) is 2. The van der Waals surface area contributed by atoms with Crippen LogP contribution in [0.2, 0.25) is 0 Å². The monoisotopic (exact) mass is 666 g/mol. The van der Waals surface area contributed by atoms with Crippen LogP contribution in [0.15, 0.2) is 71.7 Å². The first kappa shape index (κ1) is 34.8. The molecule has 0 aliphatic carbocycles. The number of fused-ring (bicyclic) bond motifs is 1. The summed E-state index contributed by atoms with van der Waals surface area (Å²) in [6.45, 7) is -0.650. The number of alkyl carbamates (subject to hydrolysis) is 1. The minimum absolute atomic E-state index is 0.0452. The normalized spacial score (nSPS) is 11.7. The van der Waals surface area contributed by atoms with E-state index in [1.165, 1.54) is 35.4 Å². The summed E-state index contributed by atoms with van der Waals surface area (Å²) in [5.74, 6) is -4.65. The molecule has 0 aliphatic rings. The molecular formula is C32H32F2N6O8. The third kappa shape index (κ3) is 8.20. The number of carbonyl (C=O) groups excluding carboxylic acids is 3. The van der Waals surface area contributed by atoms with Crippen molar-refractivity contribution in [1.29, 1.82) is 0 Å². The lowest BCUT2D eigenvalue weighted by Gasteiger charge is -2.17. The molecule has 0 radical (unpaired) electrons. The maximum atomic E-state index is 14.9. The molecule has 0 spiro atoms. The Balaban J connectivity index is 1.61. The molecule has 16 heteroatoms. The molecule has 48 heavy (non-hydrogen) atoms. The fourth-order valence-corrected chi connectivity index (χ4v) is 4.55. The Morgan fingerprint density at radius 1 is 1.10 bits per heavy atom. The average molecular weight is 667 g/mol. The first-order chi connectivity index (χ1) is 22.9. The van der Waals surface area contributed by atoms with Crippen LogP contribution in [0.4, 0.5) is 24.1 Å². The molecule has 0 fully saturated rings. The predicted molar refractivity (Wildman–Crippen MR) is 169 cm³/mol. The van der Waals surface area contributed by atoms with Gasteiger partial charge in [-0.05, 0) is 36.6 Å². The highest BCUT2D eigenvalue weighted by Gasteiger charge is 2.26. The minimum Gasteiger partial charge on any atom is -0.483 e. The van der Waals surface area contributed by atoms with Crippen LogP contribution in [0.1, 0.15) is 24.2 Å². The maximum Gasteiger partial charge on any atom is 0.417 e. The molecule has 14 nitrogen and oxygen atoms in total. The van der Waals surface area contributed by atoms with Crippen molar-refractivity contribution >= 4 is 40.7 Å². The second-order valence-corrected chi connectivity index (χ2v) is 10.5. The standard InChI is InChI=1S/C32H32F2N6O8/c1-38(2)25(41)14-8-7-12-21(36-31(44)47-3)29(42)35-22-13-9-15-39(30(22)43)17-24-37-27-23(40(24)32(45)46)16-20(33)26(34)28(27)48-18-19-10-5-4-6-11-19/h4-6,8-11,13-16,21H,7,12,17-18H2,1-3H3,(H,35,42)(H,36,44)(H,45,46)/b14-8+/t21-/m0/s1. The smallest absolute Gasteiger partial charge is 0.417 e. The number of carbonyl (C=O) groups is 4. The SMILES string of the molecule is COC(=O)N[C@@H](CC/C=C/C(=O)N(C)C)C(=O)Nc1cccn(Cc2nc3c(OCc4ccccc4)c(F)c(F)cc3n2C(=O)O)c1=O. The molecule has 4 rings (SSSR count). The lowest BCUT2D eigenvalue weighted by molar-refractivity contribution is -0.123. The number of hydrogen-bond donors (Lipinski definition) is 3. The van der Waals surface area contributed by atoms with E-state index in [0.717, 1.165) is 11.7 Å². The van der Waals surface area contributed by atoms with Crippen molar-refractivity contribution in [3.8, 4) is 5.75 Å². The van der Waals surface area contributed by atoms with Crippen molar-refractivity contribution in [2.75, 3.05) is 26.5 Å². The van der Waals surface area contributed by atoms with E-state index in [0.29, 0.717) is 16.2 Å². The highest BCUT2D eigenvalue weighted by Crippen LogP contribution is 2.32. The number of aromatic nitrogens is 3. The van der Waals surface area contributed by atoms with Crippen LogP contribution in [0.25, 0.3) is 11.0 Å². The van der Waals surface area contributed by atoms with Crippen molar-refractivity contribution in [3.05, 3.63) is 100 Å². The largest absolute Gasteiger partial charge is 0.483 e. The first-order valence-corrected chi connectivity index (χ1v) is 14.4. The number of carboxylic acid groups (broad SMARTS) is 1. The number of rotatable bonds is 12. The highest BCUT2D eigenvalue weighted by molar-refractivity contribution is 5.96. The summed E-state index contributed by atoms with van der Waals surface area (Å²) in [4.78, 5) is 68.1. The molecule has 3 amide bonds. The van der Waals surface area contributed by atoms with Gasteiger partial charge < -0.3 is 34.7 Å². The number of imidazole rings is 1. The molecule has 0 aliphatic heterocycles. The topological polar surface area (TPSA) is 174 Å². The summed E-state index contributed by atoms with van der Waals surface area (Å²) in [7, 11) is 4.26. The van der Waals surface area contributed by atoms with Gasteiger partial charge in [-0.3, -0.25) is 14.4 Å². The van der Waals surface area contributed by atoms with Gasteiger partial charge in [-0.25, -0.2) is 23.5 Å². The van der Waals surface area contributed by atoms with Crippen molar-refractivity contribution < 1.29 is 42.5 Å². The number of nitrogens with zero attached hydrogens (tertiary/aromatic N) is 4. The number of halogens is 2. The van der Waals surface area contributed by atoms with Crippen molar-refractivity contribution in [2.24, 2.45) is 0 Å². The second kappa shape index (κ2) is 15.5. The van der Waals surface area contributed by atoms with E-state index < -0.39 is 53.6 Å². The summed E-state index contributed by atoms with van der Waals surface area (Å²) < 4.78 is 41.4. The van der Waals surface area contributed by atoms with Gasteiger partial charge in [0.25, 0.3) is 5.56 Å². The zero-order chi connectivity index (χ0) is 35.0. The minimum atomic E-state index is -1.58. The molecule has 2 aromatic carbocycles. The number of benzene rings is 2. The number of anilines is 1. The highest BCUT2D eigenvalue weighted by atomic mass is 19.2. The second-order valence-electron chi connectivity index (χ2n) is 10.5. The lowest BCUT2D eigenvalue weighted by atomic mass is 10.1.